The summed E-state index contributed by atoms with van der Waals surface area (Å²) >= 11 is 2.05. The number of ether oxygens (including phenoxy) is 4. The molecule has 2 N–H and O–H groups in total. The second kappa shape index (κ2) is 18.2. The van der Waals surface area contributed by atoms with E-state index in [4.69, 9.17) is 18.9 Å². The van der Waals surface area contributed by atoms with Gasteiger partial charge in [-0.15, -0.1) is 0 Å². The maximum absolute atomic E-state index is 5.60. The third-order valence-corrected chi connectivity index (χ3v) is 7.78. The molecule has 6 nitrogen and oxygen atoms in total. The van der Waals surface area contributed by atoms with Crippen molar-refractivity contribution in [1.82, 2.24) is 10.6 Å². The van der Waals surface area contributed by atoms with Crippen LogP contribution in [0.3, 0.4) is 0 Å². The molecule has 0 unspecified atom stereocenters. The van der Waals surface area contributed by atoms with Gasteiger partial charge in [0, 0.05) is 11.1 Å². The van der Waals surface area contributed by atoms with Gasteiger partial charge < -0.3 is 29.6 Å². The molecule has 0 saturated carbocycles. The van der Waals surface area contributed by atoms with Gasteiger partial charge in [0.05, 0.1) is 28.4 Å². The summed E-state index contributed by atoms with van der Waals surface area (Å²) in [6, 6.07) is 8.36. The Balaban J connectivity index is 1.53. The average Bonchev–Trinajstić information content (AvgIpc) is 2.94. The highest BCUT2D eigenvalue weighted by Crippen LogP contribution is 2.35. The highest BCUT2D eigenvalue weighted by atomic mass is 32.2. The Kier molecular flexibility index (Phi) is 15.3. The number of rotatable bonds is 20. The lowest BCUT2D eigenvalue weighted by atomic mass is 10.0. The summed E-state index contributed by atoms with van der Waals surface area (Å²) in [4.78, 5) is 0. The molecule has 0 aliphatic rings. The second-order valence-electron chi connectivity index (χ2n) is 8.90. The van der Waals surface area contributed by atoms with E-state index in [9.17, 15) is 0 Å². The van der Waals surface area contributed by atoms with Gasteiger partial charge in [-0.05, 0) is 99.5 Å². The van der Waals surface area contributed by atoms with Gasteiger partial charge in [0.25, 0.3) is 0 Å². The first-order chi connectivity index (χ1) is 18.1. The fourth-order valence-corrected chi connectivity index (χ4v) is 5.60. The average molecular weight is 533 g/mol. The minimum Gasteiger partial charge on any atom is -0.493 e. The fourth-order valence-electron chi connectivity index (χ4n) is 4.70. The van der Waals surface area contributed by atoms with Gasteiger partial charge in [0.2, 0.25) is 0 Å². The first kappa shape index (κ1) is 31.1. The molecular weight excluding hydrogens is 484 g/mol. The molecule has 7 heteroatoms. The van der Waals surface area contributed by atoms with Gasteiger partial charge in [-0.3, -0.25) is 0 Å². The summed E-state index contributed by atoms with van der Waals surface area (Å²) in [7, 11) is 6.82. The third-order valence-electron chi connectivity index (χ3n) is 6.62. The zero-order valence-electron chi connectivity index (χ0n) is 23.8. The summed E-state index contributed by atoms with van der Waals surface area (Å²) in [5, 5.41) is 7.19. The van der Waals surface area contributed by atoms with Crippen LogP contribution in [0.15, 0.2) is 24.3 Å². The van der Waals surface area contributed by atoms with Crippen LogP contribution in [0, 0.1) is 0 Å². The summed E-state index contributed by atoms with van der Waals surface area (Å²) < 4.78 is 22.1. The van der Waals surface area contributed by atoms with Crippen LogP contribution in [0.1, 0.15) is 48.9 Å². The van der Waals surface area contributed by atoms with Crippen LogP contribution in [-0.2, 0) is 25.7 Å². The molecule has 2 rings (SSSR count). The molecule has 0 aromatic heterocycles. The van der Waals surface area contributed by atoms with Crippen LogP contribution >= 0.6 is 11.8 Å². The minimum absolute atomic E-state index is 0.812. The smallest absolute Gasteiger partial charge is 0.164 e. The van der Waals surface area contributed by atoms with Crippen molar-refractivity contribution in [1.29, 1.82) is 0 Å². The number of benzene rings is 2. The molecule has 2 aromatic rings. The van der Waals surface area contributed by atoms with Crippen molar-refractivity contribution in [2.75, 3.05) is 66.1 Å². The van der Waals surface area contributed by atoms with E-state index in [-0.39, 0.29) is 0 Å². The van der Waals surface area contributed by atoms with Gasteiger partial charge in [-0.2, -0.15) is 11.8 Å². The van der Waals surface area contributed by atoms with Crippen LogP contribution in [0.5, 0.6) is 23.0 Å². The Labute approximate surface area is 229 Å². The number of thioether (sulfide) groups is 1. The maximum Gasteiger partial charge on any atom is 0.164 e. The molecule has 0 radical (unpaired) electrons. The van der Waals surface area contributed by atoms with E-state index in [1.54, 1.807) is 28.4 Å². The van der Waals surface area contributed by atoms with Crippen LogP contribution in [-0.4, -0.2) is 66.1 Å². The molecule has 2 aromatic carbocycles. The Bertz CT molecular complexity index is 849. The van der Waals surface area contributed by atoms with E-state index in [0.717, 1.165) is 74.9 Å². The molecule has 0 fully saturated rings. The topological polar surface area (TPSA) is 61.0 Å². The highest BCUT2D eigenvalue weighted by molar-refractivity contribution is 7.99. The van der Waals surface area contributed by atoms with E-state index < -0.39 is 0 Å². The number of methoxy groups -OCH3 is 4. The van der Waals surface area contributed by atoms with E-state index in [0.29, 0.717) is 0 Å². The lowest BCUT2D eigenvalue weighted by Crippen LogP contribution is -2.20. The predicted molar refractivity (Wildman–Crippen MR) is 158 cm³/mol. The van der Waals surface area contributed by atoms with E-state index in [1.165, 1.54) is 46.6 Å². The monoisotopic (exact) mass is 532 g/mol. The van der Waals surface area contributed by atoms with Crippen molar-refractivity contribution in [2.45, 2.75) is 52.4 Å². The Morgan fingerprint density at radius 1 is 0.595 bits per heavy atom. The van der Waals surface area contributed by atoms with Crippen molar-refractivity contribution < 1.29 is 18.9 Å². The van der Waals surface area contributed by atoms with Crippen molar-refractivity contribution in [3.05, 3.63) is 46.5 Å². The zero-order chi connectivity index (χ0) is 26.9. The molecule has 208 valence electrons. The van der Waals surface area contributed by atoms with Gasteiger partial charge in [0.15, 0.2) is 23.0 Å². The largest absolute Gasteiger partial charge is 0.493 e. The molecule has 0 aliphatic heterocycles. The summed E-state index contributed by atoms with van der Waals surface area (Å²) in [6.45, 7) is 8.42. The Morgan fingerprint density at radius 3 is 1.38 bits per heavy atom. The van der Waals surface area contributed by atoms with E-state index >= 15 is 0 Å². The maximum atomic E-state index is 5.60. The minimum atomic E-state index is 0.812. The van der Waals surface area contributed by atoms with Crippen LogP contribution in [0.2, 0.25) is 0 Å². The molecule has 0 spiro atoms. The number of nitrogens with one attached hydrogen (secondary N) is 2. The summed E-state index contributed by atoms with van der Waals surface area (Å²) in [6.07, 6.45) is 6.29. The molecule has 0 heterocycles. The van der Waals surface area contributed by atoms with Gasteiger partial charge in [-0.25, -0.2) is 0 Å². The molecule has 0 bridgehead atoms. The van der Waals surface area contributed by atoms with Gasteiger partial charge in [0.1, 0.15) is 0 Å². The number of hydrogen-bond acceptors (Lipinski definition) is 7. The predicted octanol–water partition coefficient (Wildman–Crippen LogP) is 5.32. The lowest BCUT2D eigenvalue weighted by molar-refractivity contribution is 0.351. The molecule has 0 aliphatic carbocycles. The van der Waals surface area contributed by atoms with Crippen molar-refractivity contribution in [2.24, 2.45) is 0 Å². The third kappa shape index (κ3) is 9.62. The van der Waals surface area contributed by atoms with E-state index in [2.05, 4.69) is 48.4 Å². The van der Waals surface area contributed by atoms with E-state index in [1.807, 2.05) is 12.1 Å². The standard InChI is InChI=1S/C30H48N2O4S/c1-7-25-23(11-13-27(33-3)29(25)35-5)15-19-31-17-9-21-37-22-10-18-32-20-16-24-12-14-28(34-4)30(36-6)26(24)8-2/h11-14,31-32H,7-10,15-22H2,1-6H3. The van der Waals surface area contributed by atoms with Crippen molar-refractivity contribution in [3.8, 4) is 23.0 Å². The molecule has 0 atom stereocenters. The highest BCUT2D eigenvalue weighted by Gasteiger charge is 2.14. The zero-order valence-corrected chi connectivity index (χ0v) is 24.7. The SMILES string of the molecule is CCc1c(CCNCCCSCCCNCCc2ccc(OC)c(OC)c2CC)ccc(OC)c1OC. The molecular formula is C30H48N2O4S. The first-order valence-electron chi connectivity index (χ1n) is 13.6. The second-order valence-corrected chi connectivity index (χ2v) is 10.1. The first-order valence-corrected chi connectivity index (χ1v) is 14.7. The normalized spacial score (nSPS) is 11.0. The van der Waals surface area contributed by atoms with Crippen LogP contribution in [0.4, 0.5) is 0 Å². The fraction of sp³-hybridized carbons (Fsp3) is 0.600. The number of hydrogen-bond donors (Lipinski definition) is 2. The summed E-state index contributed by atoms with van der Waals surface area (Å²) in [5.74, 6) is 5.78. The Hall–Kier alpha value is -2.09. The lowest BCUT2D eigenvalue weighted by Gasteiger charge is -2.16. The van der Waals surface area contributed by atoms with Gasteiger partial charge >= 0.3 is 0 Å². The van der Waals surface area contributed by atoms with Crippen molar-refractivity contribution in [3.63, 3.8) is 0 Å². The molecule has 37 heavy (non-hydrogen) atoms. The van der Waals surface area contributed by atoms with Crippen LogP contribution in [0.25, 0.3) is 0 Å². The van der Waals surface area contributed by atoms with Crippen LogP contribution < -0.4 is 29.6 Å². The quantitative estimate of drug-likeness (QED) is 0.224. The molecule has 0 amide bonds. The Morgan fingerprint density at radius 2 is 1.03 bits per heavy atom. The summed E-state index contributed by atoms with van der Waals surface area (Å²) in [5.41, 5.74) is 5.18. The molecule has 0 saturated heterocycles. The van der Waals surface area contributed by atoms with Gasteiger partial charge in [-0.1, -0.05) is 26.0 Å². The van der Waals surface area contributed by atoms with Crippen molar-refractivity contribution >= 4 is 11.8 Å².